The first-order valence-corrected chi connectivity index (χ1v) is 5.79. The molecule has 0 atom stereocenters. The van der Waals surface area contributed by atoms with Crippen molar-refractivity contribution in [3.05, 3.63) is 42.7 Å². The summed E-state index contributed by atoms with van der Waals surface area (Å²) in [7, 11) is 1.65. The van der Waals surface area contributed by atoms with E-state index in [1.165, 1.54) is 0 Å². The molecule has 0 fully saturated rings. The molecule has 5 nitrogen and oxygen atoms in total. The number of methoxy groups -OCH3 is 1. The quantitative estimate of drug-likeness (QED) is 0.757. The maximum absolute atomic E-state index is 5.53. The Morgan fingerprint density at radius 2 is 1.79 bits per heavy atom. The molecule has 0 saturated carbocycles. The van der Waals surface area contributed by atoms with Crippen molar-refractivity contribution in [2.75, 3.05) is 12.8 Å². The molecule has 0 bridgehead atoms. The van der Waals surface area contributed by atoms with E-state index >= 15 is 0 Å². The van der Waals surface area contributed by atoms with Gasteiger partial charge in [0.1, 0.15) is 5.75 Å². The van der Waals surface area contributed by atoms with Gasteiger partial charge in [0.2, 0.25) is 5.95 Å². The number of pyridine rings is 1. The molecule has 3 rings (SSSR count). The van der Waals surface area contributed by atoms with Crippen molar-refractivity contribution >= 4 is 17.0 Å². The Morgan fingerprint density at radius 3 is 2.53 bits per heavy atom. The molecule has 19 heavy (non-hydrogen) atoms. The minimum atomic E-state index is 0.234. The van der Waals surface area contributed by atoms with Crippen LogP contribution in [0, 0.1) is 0 Å². The number of hydrogen-bond donors (Lipinski definition) is 1. The van der Waals surface area contributed by atoms with Gasteiger partial charge in [-0.3, -0.25) is 0 Å². The molecule has 0 saturated heterocycles. The minimum Gasteiger partial charge on any atom is -0.497 e. The van der Waals surface area contributed by atoms with E-state index in [0.29, 0.717) is 5.65 Å². The molecule has 0 aliphatic heterocycles. The lowest BCUT2D eigenvalue weighted by Crippen LogP contribution is -1.95. The van der Waals surface area contributed by atoms with Gasteiger partial charge in [0.05, 0.1) is 7.11 Å². The Balaban J connectivity index is 2.06. The Hall–Kier alpha value is -2.69. The summed E-state index contributed by atoms with van der Waals surface area (Å²) in [6, 6.07) is 9.79. The molecule has 1 aromatic carbocycles. The number of aromatic nitrogens is 3. The van der Waals surface area contributed by atoms with Crippen molar-refractivity contribution < 1.29 is 4.74 Å². The minimum absolute atomic E-state index is 0.234. The maximum atomic E-state index is 5.53. The van der Waals surface area contributed by atoms with E-state index in [4.69, 9.17) is 10.5 Å². The SMILES string of the molecule is COc1ccc(-c2cnc3nc(N)ncc3c2)cc1. The predicted molar refractivity (Wildman–Crippen MR) is 73.7 cm³/mol. The zero-order valence-corrected chi connectivity index (χ0v) is 10.4. The fourth-order valence-corrected chi connectivity index (χ4v) is 1.88. The number of rotatable bonds is 2. The van der Waals surface area contributed by atoms with E-state index in [-0.39, 0.29) is 5.95 Å². The first-order valence-electron chi connectivity index (χ1n) is 5.79. The fourth-order valence-electron chi connectivity index (χ4n) is 1.88. The molecule has 2 N–H and O–H groups in total. The maximum Gasteiger partial charge on any atom is 0.222 e. The van der Waals surface area contributed by atoms with E-state index in [2.05, 4.69) is 15.0 Å². The molecule has 94 valence electrons. The highest BCUT2D eigenvalue weighted by Gasteiger charge is 2.03. The second-order valence-electron chi connectivity index (χ2n) is 4.09. The average Bonchev–Trinajstić information content (AvgIpc) is 2.47. The summed E-state index contributed by atoms with van der Waals surface area (Å²) in [5.74, 6) is 1.06. The van der Waals surface area contributed by atoms with Gasteiger partial charge in [0.25, 0.3) is 0 Å². The largest absolute Gasteiger partial charge is 0.497 e. The topological polar surface area (TPSA) is 73.9 Å². The Labute approximate surface area is 110 Å². The van der Waals surface area contributed by atoms with Crippen LogP contribution in [-0.2, 0) is 0 Å². The van der Waals surface area contributed by atoms with Gasteiger partial charge in [-0.2, -0.15) is 4.98 Å². The van der Waals surface area contributed by atoms with E-state index in [1.807, 2.05) is 30.3 Å². The standard InChI is InChI=1S/C14H12N4O/c1-19-12-4-2-9(3-5-12)10-6-11-8-17-14(15)18-13(11)16-7-10/h2-8H,1H3,(H2,15,16,17,18). The molecular weight excluding hydrogens is 240 g/mol. The number of ether oxygens (including phenoxy) is 1. The van der Waals surface area contributed by atoms with Gasteiger partial charge in [-0.1, -0.05) is 12.1 Å². The summed E-state index contributed by atoms with van der Waals surface area (Å²) in [4.78, 5) is 12.3. The number of anilines is 1. The highest BCUT2D eigenvalue weighted by Crippen LogP contribution is 2.24. The van der Waals surface area contributed by atoms with E-state index in [1.54, 1.807) is 19.5 Å². The monoisotopic (exact) mass is 252 g/mol. The lowest BCUT2D eigenvalue weighted by atomic mass is 10.1. The highest BCUT2D eigenvalue weighted by molar-refractivity contribution is 5.80. The van der Waals surface area contributed by atoms with Crippen LogP contribution < -0.4 is 10.5 Å². The molecule has 5 heteroatoms. The number of benzene rings is 1. The summed E-state index contributed by atoms with van der Waals surface area (Å²) in [6.07, 6.45) is 3.45. The molecule has 2 aromatic heterocycles. The Kier molecular flexibility index (Phi) is 2.72. The zero-order chi connectivity index (χ0) is 13.2. The third-order valence-corrected chi connectivity index (χ3v) is 2.87. The second kappa shape index (κ2) is 4.53. The molecule has 0 aliphatic rings. The van der Waals surface area contributed by atoms with Crippen molar-refractivity contribution in [2.24, 2.45) is 0 Å². The molecule has 0 aliphatic carbocycles. The summed E-state index contributed by atoms with van der Waals surface area (Å²) < 4.78 is 5.14. The normalized spacial score (nSPS) is 10.6. The van der Waals surface area contributed by atoms with Crippen LogP contribution >= 0.6 is 0 Å². The van der Waals surface area contributed by atoms with Crippen LogP contribution in [-0.4, -0.2) is 22.1 Å². The first-order chi connectivity index (χ1) is 9.26. The third kappa shape index (κ3) is 2.18. The smallest absolute Gasteiger partial charge is 0.222 e. The van der Waals surface area contributed by atoms with Crippen molar-refractivity contribution in [3.63, 3.8) is 0 Å². The Morgan fingerprint density at radius 1 is 1.00 bits per heavy atom. The van der Waals surface area contributed by atoms with Gasteiger partial charge in [-0.25, -0.2) is 9.97 Å². The fraction of sp³-hybridized carbons (Fsp3) is 0.0714. The van der Waals surface area contributed by atoms with Gasteiger partial charge in [-0.05, 0) is 23.8 Å². The van der Waals surface area contributed by atoms with Crippen LogP contribution in [0.2, 0.25) is 0 Å². The predicted octanol–water partition coefficient (Wildman–Crippen LogP) is 2.28. The Bertz CT molecular complexity index is 725. The van der Waals surface area contributed by atoms with Crippen molar-refractivity contribution in [1.82, 2.24) is 15.0 Å². The molecule has 0 radical (unpaired) electrons. The molecular formula is C14H12N4O. The van der Waals surface area contributed by atoms with Crippen LogP contribution in [0.3, 0.4) is 0 Å². The number of nitrogen functional groups attached to an aromatic ring is 1. The van der Waals surface area contributed by atoms with Gasteiger partial charge in [-0.15, -0.1) is 0 Å². The van der Waals surface area contributed by atoms with Crippen molar-refractivity contribution in [2.45, 2.75) is 0 Å². The van der Waals surface area contributed by atoms with Crippen LogP contribution in [0.5, 0.6) is 5.75 Å². The van der Waals surface area contributed by atoms with Crippen LogP contribution in [0.25, 0.3) is 22.2 Å². The number of nitrogens with zero attached hydrogens (tertiary/aromatic N) is 3. The average molecular weight is 252 g/mol. The summed E-state index contributed by atoms with van der Waals surface area (Å²) >= 11 is 0. The molecule has 3 aromatic rings. The molecule has 2 heterocycles. The second-order valence-corrected chi connectivity index (χ2v) is 4.09. The summed E-state index contributed by atoms with van der Waals surface area (Å²) in [6.45, 7) is 0. The lowest BCUT2D eigenvalue weighted by molar-refractivity contribution is 0.415. The van der Waals surface area contributed by atoms with Crippen LogP contribution in [0.4, 0.5) is 5.95 Å². The number of nitrogens with two attached hydrogens (primary N) is 1. The van der Waals surface area contributed by atoms with E-state index in [0.717, 1.165) is 22.3 Å². The molecule has 0 amide bonds. The third-order valence-electron chi connectivity index (χ3n) is 2.87. The molecule has 0 spiro atoms. The van der Waals surface area contributed by atoms with Gasteiger partial charge in [0, 0.05) is 23.3 Å². The van der Waals surface area contributed by atoms with Crippen LogP contribution in [0.1, 0.15) is 0 Å². The van der Waals surface area contributed by atoms with Gasteiger partial charge >= 0.3 is 0 Å². The first kappa shape index (κ1) is 11.4. The number of fused-ring (bicyclic) bond motifs is 1. The van der Waals surface area contributed by atoms with Gasteiger partial charge in [0.15, 0.2) is 5.65 Å². The zero-order valence-electron chi connectivity index (χ0n) is 10.4. The van der Waals surface area contributed by atoms with E-state index < -0.39 is 0 Å². The molecule has 0 unspecified atom stereocenters. The van der Waals surface area contributed by atoms with Crippen molar-refractivity contribution in [1.29, 1.82) is 0 Å². The van der Waals surface area contributed by atoms with E-state index in [9.17, 15) is 0 Å². The lowest BCUT2D eigenvalue weighted by Gasteiger charge is -2.04. The highest BCUT2D eigenvalue weighted by atomic mass is 16.5. The summed E-state index contributed by atoms with van der Waals surface area (Å²) in [5.41, 5.74) is 8.20. The number of hydrogen-bond acceptors (Lipinski definition) is 5. The van der Waals surface area contributed by atoms with Gasteiger partial charge < -0.3 is 10.5 Å². The van der Waals surface area contributed by atoms with Crippen LogP contribution in [0.15, 0.2) is 42.7 Å². The van der Waals surface area contributed by atoms with Crippen molar-refractivity contribution in [3.8, 4) is 16.9 Å². The summed E-state index contributed by atoms with van der Waals surface area (Å²) in [5, 5.41) is 0.863.